The Bertz CT molecular complexity index is 975. The van der Waals surface area contributed by atoms with E-state index >= 15 is 0 Å². The van der Waals surface area contributed by atoms with E-state index in [-0.39, 0.29) is 11.8 Å². The van der Waals surface area contributed by atoms with Crippen LogP contribution in [0, 0.1) is 6.92 Å². The molecule has 0 aliphatic rings. The number of aromatic hydroxyl groups is 1. The summed E-state index contributed by atoms with van der Waals surface area (Å²) >= 11 is 0. The second kappa shape index (κ2) is 7.63. The number of rotatable bonds is 7. The molecule has 0 atom stereocenters. The SMILES string of the molecule is Cc1ccc(O)c(CNc2nc(NCC(C)(C)O)nc3c2ncn3C(C)C)c1. The number of nitrogens with one attached hydrogen (secondary N) is 2. The van der Waals surface area contributed by atoms with E-state index in [0.29, 0.717) is 36.0 Å². The van der Waals surface area contributed by atoms with Crippen molar-refractivity contribution in [1.82, 2.24) is 19.5 Å². The summed E-state index contributed by atoms with van der Waals surface area (Å²) in [6, 6.07) is 5.67. The lowest BCUT2D eigenvalue weighted by Gasteiger charge is -2.18. The normalized spacial score (nSPS) is 12.0. The molecule has 0 aliphatic carbocycles. The Kier molecular flexibility index (Phi) is 5.42. The molecule has 4 N–H and O–H groups in total. The molecule has 28 heavy (non-hydrogen) atoms. The van der Waals surface area contributed by atoms with Gasteiger partial charge < -0.3 is 25.4 Å². The summed E-state index contributed by atoms with van der Waals surface area (Å²) in [5, 5.41) is 26.5. The van der Waals surface area contributed by atoms with Crippen molar-refractivity contribution >= 4 is 22.9 Å². The Morgan fingerprint density at radius 2 is 1.93 bits per heavy atom. The molecule has 1 aromatic carbocycles. The standard InChI is InChI=1S/C20H28N6O2/c1-12(2)26-11-23-16-17(21-9-14-8-13(3)6-7-15(14)27)24-19(25-18(16)26)22-10-20(4,5)28/h6-8,11-12,27-28H,9-10H2,1-5H3,(H2,21,22,24,25). The van der Waals surface area contributed by atoms with Crippen LogP contribution >= 0.6 is 0 Å². The summed E-state index contributed by atoms with van der Waals surface area (Å²) in [6.07, 6.45) is 1.75. The molecule has 0 spiro atoms. The van der Waals surface area contributed by atoms with Crippen LogP contribution in [0.3, 0.4) is 0 Å². The van der Waals surface area contributed by atoms with Crippen LogP contribution in [0.4, 0.5) is 11.8 Å². The Hall–Kier alpha value is -2.87. The molecular formula is C20H28N6O2. The summed E-state index contributed by atoms with van der Waals surface area (Å²) in [7, 11) is 0. The highest BCUT2D eigenvalue weighted by Gasteiger charge is 2.17. The van der Waals surface area contributed by atoms with Crippen molar-refractivity contribution < 1.29 is 10.2 Å². The van der Waals surface area contributed by atoms with Gasteiger partial charge in [-0.15, -0.1) is 0 Å². The molecular weight excluding hydrogens is 356 g/mol. The third-order valence-corrected chi connectivity index (χ3v) is 4.34. The maximum absolute atomic E-state index is 10.1. The van der Waals surface area contributed by atoms with Crippen LogP contribution in [-0.2, 0) is 6.54 Å². The maximum Gasteiger partial charge on any atom is 0.226 e. The van der Waals surface area contributed by atoms with E-state index in [0.717, 1.165) is 11.1 Å². The van der Waals surface area contributed by atoms with E-state index in [1.54, 1.807) is 26.2 Å². The van der Waals surface area contributed by atoms with Gasteiger partial charge in [0.25, 0.3) is 0 Å². The molecule has 2 heterocycles. The predicted molar refractivity (Wildman–Crippen MR) is 111 cm³/mol. The highest BCUT2D eigenvalue weighted by atomic mass is 16.3. The van der Waals surface area contributed by atoms with Gasteiger partial charge in [0.1, 0.15) is 5.75 Å². The summed E-state index contributed by atoms with van der Waals surface area (Å²) in [6.45, 7) is 10.3. The van der Waals surface area contributed by atoms with Crippen molar-refractivity contribution in [3.05, 3.63) is 35.7 Å². The van der Waals surface area contributed by atoms with Crippen LogP contribution in [0.25, 0.3) is 11.2 Å². The van der Waals surface area contributed by atoms with E-state index in [1.807, 2.05) is 23.6 Å². The second-order valence-electron chi connectivity index (χ2n) is 7.97. The van der Waals surface area contributed by atoms with E-state index < -0.39 is 5.60 Å². The minimum absolute atomic E-state index is 0.190. The molecule has 0 amide bonds. The summed E-state index contributed by atoms with van der Waals surface area (Å²) < 4.78 is 1.97. The third-order valence-electron chi connectivity index (χ3n) is 4.34. The number of fused-ring (bicyclic) bond motifs is 1. The number of phenolic OH excluding ortho intramolecular Hbond substituents is 1. The molecule has 8 heteroatoms. The summed E-state index contributed by atoms with van der Waals surface area (Å²) in [5.74, 6) is 1.22. The smallest absolute Gasteiger partial charge is 0.226 e. The first-order valence-corrected chi connectivity index (χ1v) is 9.37. The predicted octanol–water partition coefficient (Wildman–Crippen LogP) is 3.22. The summed E-state index contributed by atoms with van der Waals surface area (Å²) in [4.78, 5) is 13.6. The van der Waals surface area contributed by atoms with Gasteiger partial charge in [0.15, 0.2) is 17.0 Å². The van der Waals surface area contributed by atoms with Crippen molar-refractivity contribution in [2.75, 3.05) is 17.2 Å². The number of aromatic nitrogens is 4. The highest BCUT2D eigenvalue weighted by Crippen LogP contribution is 2.25. The van der Waals surface area contributed by atoms with Gasteiger partial charge in [-0.05, 0) is 40.7 Å². The van der Waals surface area contributed by atoms with E-state index in [2.05, 4.69) is 39.4 Å². The molecule has 0 fully saturated rings. The lowest BCUT2D eigenvalue weighted by molar-refractivity contribution is 0.0943. The number of phenols is 1. The van der Waals surface area contributed by atoms with E-state index in [4.69, 9.17) is 0 Å². The van der Waals surface area contributed by atoms with E-state index in [9.17, 15) is 10.2 Å². The van der Waals surface area contributed by atoms with Gasteiger partial charge in [-0.1, -0.05) is 17.7 Å². The molecule has 150 valence electrons. The molecule has 0 unspecified atom stereocenters. The number of hydrogen-bond donors (Lipinski definition) is 4. The zero-order valence-corrected chi connectivity index (χ0v) is 17.0. The summed E-state index contributed by atoms with van der Waals surface area (Å²) in [5.41, 5.74) is 2.33. The number of hydrogen-bond acceptors (Lipinski definition) is 7. The topological polar surface area (TPSA) is 108 Å². The van der Waals surface area contributed by atoms with Gasteiger partial charge >= 0.3 is 0 Å². The van der Waals surface area contributed by atoms with Crippen molar-refractivity contribution in [1.29, 1.82) is 0 Å². The monoisotopic (exact) mass is 384 g/mol. The molecule has 3 rings (SSSR count). The van der Waals surface area contributed by atoms with Gasteiger partial charge in [0, 0.05) is 24.7 Å². The Morgan fingerprint density at radius 3 is 2.61 bits per heavy atom. The van der Waals surface area contributed by atoms with Crippen molar-refractivity contribution in [3.63, 3.8) is 0 Å². The average Bonchev–Trinajstić information content (AvgIpc) is 3.04. The average molecular weight is 384 g/mol. The minimum atomic E-state index is -0.891. The van der Waals surface area contributed by atoms with Crippen LogP contribution in [0.2, 0.25) is 0 Å². The van der Waals surface area contributed by atoms with Crippen molar-refractivity contribution in [2.45, 2.75) is 52.8 Å². The Morgan fingerprint density at radius 1 is 1.18 bits per heavy atom. The lowest BCUT2D eigenvalue weighted by Crippen LogP contribution is -2.30. The quantitative estimate of drug-likeness (QED) is 0.495. The fourth-order valence-corrected chi connectivity index (χ4v) is 2.83. The first-order valence-electron chi connectivity index (χ1n) is 9.37. The van der Waals surface area contributed by atoms with Crippen molar-refractivity contribution in [2.24, 2.45) is 0 Å². The fourth-order valence-electron chi connectivity index (χ4n) is 2.83. The van der Waals surface area contributed by atoms with Gasteiger partial charge in [-0.25, -0.2) is 4.98 Å². The fraction of sp³-hybridized carbons (Fsp3) is 0.450. The number of aryl methyl sites for hydroxylation is 1. The van der Waals surface area contributed by atoms with Crippen molar-refractivity contribution in [3.8, 4) is 5.75 Å². The third kappa shape index (κ3) is 4.51. The Balaban J connectivity index is 1.95. The Labute approximate surface area is 164 Å². The zero-order chi connectivity index (χ0) is 20.5. The van der Waals surface area contributed by atoms with Crippen LogP contribution in [0.5, 0.6) is 5.75 Å². The number of aliphatic hydroxyl groups is 1. The number of benzene rings is 1. The minimum Gasteiger partial charge on any atom is -0.508 e. The van der Waals surface area contributed by atoms with Crippen LogP contribution in [-0.4, -0.2) is 41.9 Å². The van der Waals surface area contributed by atoms with E-state index in [1.165, 1.54) is 0 Å². The maximum atomic E-state index is 10.1. The molecule has 0 bridgehead atoms. The largest absolute Gasteiger partial charge is 0.508 e. The molecule has 0 saturated heterocycles. The molecule has 8 nitrogen and oxygen atoms in total. The first kappa shape index (κ1) is 19.9. The van der Waals surface area contributed by atoms with Gasteiger partial charge in [-0.3, -0.25) is 0 Å². The van der Waals surface area contributed by atoms with Gasteiger partial charge in [0.05, 0.1) is 11.9 Å². The second-order valence-corrected chi connectivity index (χ2v) is 7.97. The van der Waals surface area contributed by atoms with Crippen LogP contribution in [0.15, 0.2) is 24.5 Å². The van der Waals surface area contributed by atoms with Gasteiger partial charge in [0.2, 0.25) is 5.95 Å². The number of imidazole rings is 1. The van der Waals surface area contributed by atoms with Crippen LogP contribution < -0.4 is 10.6 Å². The first-order chi connectivity index (χ1) is 13.1. The molecule has 0 aliphatic heterocycles. The molecule has 0 radical (unpaired) electrons. The number of anilines is 2. The number of nitrogens with zero attached hydrogens (tertiary/aromatic N) is 4. The van der Waals surface area contributed by atoms with Crippen LogP contribution in [0.1, 0.15) is 44.9 Å². The molecule has 0 saturated carbocycles. The van der Waals surface area contributed by atoms with Gasteiger partial charge in [-0.2, -0.15) is 9.97 Å². The zero-order valence-electron chi connectivity index (χ0n) is 17.0. The lowest BCUT2D eigenvalue weighted by atomic mass is 10.1. The molecule has 3 aromatic rings. The molecule has 2 aromatic heterocycles. The highest BCUT2D eigenvalue weighted by molar-refractivity contribution is 5.84.